The molecule has 0 bridgehead atoms. The van der Waals surface area contributed by atoms with E-state index in [-0.39, 0.29) is 24.4 Å². The number of aryl methyl sites for hydroxylation is 1. The second-order valence-corrected chi connectivity index (χ2v) is 9.62. The van der Waals surface area contributed by atoms with Crippen LogP contribution < -0.4 is 5.32 Å². The van der Waals surface area contributed by atoms with Crippen LogP contribution in [0.15, 0.2) is 29.2 Å². The van der Waals surface area contributed by atoms with E-state index >= 15 is 0 Å². The molecule has 0 spiro atoms. The van der Waals surface area contributed by atoms with E-state index in [2.05, 4.69) is 32.2 Å². The number of amides is 2. The van der Waals surface area contributed by atoms with Crippen molar-refractivity contribution < 1.29 is 9.59 Å². The first-order valence-electron chi connectivity index (χ1n) is 10.5. The second kappa shape index (κ2) is 9.64. The molecule has 1 aliphatic heterocycles. The molecule has 0 radical (unpaired) electrons. The molecule has 0 aromatic heterocycles. The fraction of sp³-hybridized carbons (Fsp3) is 0.565. The lowest BCUT2D eigenvalue weighted by atomic mass is 9.93. The normalized spacial score (nSPS) is 23.8. The number of benzene rings is 1. The van der Waals surface area contributed by atoms with Gasteiger partial charge < -0.3 is 10.2 Å². The maximum Gasteiger partial charge on any atom is 0.261 e. The van der Waals surface area contributed by atoms with Crippen LogP contribution >= 0.6 is 11.8 Å². The van der Waals surface area contributed by atoms with Crippen molar-refractivity contribution in [2.75, 3.05) is 13.1 Å². The molecule has 1 saturated heterocycles. The van der Waals surface area contributed by atoms with Crippen LogP contribution in [0.3, 0.4) is 0 Å². The van der Waals surface area contributed by atoms with Gasteiger partial charge in [-0.15, -0.1) is 11.8 Å². The summed E-state index contributed by atoms with van der Waals surface area (Å²) in [7, 11) is 0. The molecule has 3 rings (SSSR count). The highest BCUT2D eigenvalue weighted by molar-refractivity contribution is 8.04. The van der Waals surface area contributed by atoms with Crippen molar-refractivity contribution in [3.05, 3.63) is 40.3 Å². The zero-order valence-electron chi connectivity index (χ0n) is 17.2. The number of carbonyl (C=O) groups is 2. The molecule has 152 valence electrons. The molecule has 1 aliphatic carbocycles. The minimum absolute atomic E-state index is 0.00964. The van der Waals surface area contributed by atoms with Crippen molar-refractivity contribution in [1.82, 2.24) is 10.2 Å². The molecule has 1 heterocycles. The Kier molecular flexibility index (Phi) is 7.22. The van der Waals surface area contributed by atoms with Gasteiger partial charge in [0.15, 0.2) is 0 Å². The molecule has 1 aromatic rings. The molecular formula is C23H32N2O2S. The summed E-state index contributed by atoms with van der Waals surface area (Å²) >= 11 is 1.72. The SMILES string of the molecule is Cc1ccccc1/C=C1\SC2CCCCC2N(CC(=O)NCCC(C)C)C1=O. The van der Waals surface area contributed by atoms with Gasteiger partial charge in [0.05, 0.1) is 4.91 Å². The first-order chi connectivity index (χ1) is 13.5. The highest BCUT2D eigenvalue weighted by atomic mass is 32.2. The number of carbonyl (C=O) groups excluding carboxylic acids is 2. The molecule has 1 aromatic carbocycles. The van der Waals surface area contributed by atoms with Crippen molar-refractivity contribution in [3.63, 3.8) is 0 Å². The minimum Gasteiger partial charge on any atom is -0.355 e. The third-order valence-electron chi connectivity index (χ3n) is 5.65. The molecule has 2 unspecified atom stereocenters. The molecule has 5 heteroatoms. The van der Waals surface area contributed by atoms with Crippen LogP contribution in [0.25, 0.3) is 6.08 Å². The number of rotatable bonds is 6. The van der Waals surface area contributed by atoms with Gasteiger partial charge in [-0.2, -0.15) is 0 Å². The molecule has 1 N–H and O–H groups in total. The van der Waals surface area contributed by atoms with Crippen LogP contribution in [0.5, 0.6) is 0 Å². The predicted molar refractivity (Wildman–Crippen MR) is 117 cm³/mol. The van der Waals surface area contributed by atoms with Gasteiger partial charge >= 0.3 is 0 Å². The van der Waals surface area contributed by atoms with Crippen LogP contribution in [0.1, 0.15) is 57.1 Å². The van der Waals surface area contributed by atoms with E-state index in [9.17, 15) is 9.59 Å². The van der Waals surface area contributed by atoms with Gasteiger partial charge in [0.2, 0.25) is 5.91 Å². The van der Waals surface area contributed by atoms with Crippen LogP contribution in [0.2, 0.25) is 0 Å². The van der Waals surface area contributed by atoms with Gasteiger partial charge in [-0.3, -0.25) is 9.59 Å². The van der Waals surface area contributed by atoms with E-state index in [1.54, 1.807) is 11.8 Å². The van der Waals surface area contributed by atoms with Gasteiger partial charge in [0.1, 0.15) is 6.54 Å². The quantitative estimate of drug-likeness (QED) is 0.721. The zero-order valence-corrected chi connectivity index (χ0v) is 18.1. The Morgan fingerprint density at radius 2 is 2.04 bits per heavy atom. The first-order valence-corrected chi connectivity index (χ1v) is 11.4. The van der Waals surface area contributed by atoms with Gasteiger partial charge in [-0.1, -0.05) is 51.0 Å². The Balaban J connectivity index is 1.77. The summed E-state index contributed by atoms with van der Waals surface area (Å²) in [5.74, 6) is 0.524. The van der Waals surface area contributed by atoms with Crippen molar-refractivity contribution in [1.29, 1.82) is 0 Å². The second-order valence-electron chi connectivity index (χ2n) is 8.34. The summed E-state index contributed by atoms with van der Waals surface area (Å²) in [6, 6.07) is 8.30. The number of hydrogen-bond donors (Lipinski definition) is 1. The summed E-state index contributed by atoms with van der Waals surface area (Å²) in [5, 5.41) is 3.39. The van der Waals surface area contributed by atoms with Crippen LogP contribution in [-0.4, -0.2) is 41.1 Å². The monoisotopic (exact) mass is 400 g/mol. The van der Waals surface area contributed by atoms with Crippen molar-refractivity contribution in [3.8, 4) is 0 Å². The zero-order chi connectivity index (χ0) is 20.1. The molecular weight excluding hydrogens is 368 g/mol. The highest BCUT2D eigenvalue weighted by Gasteiger charge is 2.41. The molecule has 1 saturated carbocycles. The van der Waals surface area contributed by atoms with Crippen molar-refractivity contribution in [2.24, 2.45) is 5.92 Å². The Hall–Kier alpha value is -1.75. The Labute approximate surface area is 173 Å². The fourth-order valence-electron chi connectivity index (χ4n) is 3.96. The Morgan fingerprint density at radius 3 is 2.79 bits per heavy atom. The Bertz CT molecular complexity index is 744. The number of hydrogen-bond acceptors (Lipinski definition) is 3. The van der Waals surface area contributed by atoms with Gasteiger partial charge in [-0.05, 0) is 49.3 Å². The number of fused-ring (bicyclic) bond motifs is 1. The lowest BCUT2D eigenvalue weighted by molar-refractivity contribution is -0.135. The van der Waals surface area contributed by atoms with E-state index in [4.69, 9.17) is 0 Å². The van der Waals surface area contributed by atoms with E-state index in [0.717, 1.165) is 41.7 Å². The maximum atomic E-state index is 13.3. The predicted octanol–water partition coefficient (Wildman–Crippen LogP) is 4.38. The third-order valence-corrected chi connectivity index (χ3v) is 7.05. The van der Waals surface area contributed by atoms with Gasteiger partial charge in [-0.25, -0.2) is 0 Å². The molecule has 2 atom stereocenters. The minimum atomic E-state index is -0.0412. The largest absolute Gasteiger partial charge is 0.355 e. The first kappa shape index (κ1) is 21.0. The summed E-state index contributed by atoms with van der Waals surface area (Å²) in [4.78, 5) is 28.4. The summed E-state index contributed by atoms with van der Waals surface area (Å²) < 4.78 is 0. The van der Waals surface area contributed by atoms with Crippen LogP contribution in [0, 0.1) is 12.8 Å². The molecule has 2 fully saturated rings. The van der Waals surface area contributed by atoms with Crippen LogP contribution in [-0.2, 0) is 9.59 Å². The summed E-state index contributed by atoms with van der Waals surface area (Å²) in [6.07, 6.45) is 7.42. The third kappa shape index (κ3) is 5.19. The van der Waals surface area contributed by atoms with E-state index in [0.29, 0.717) is 17.7 Å². The summed E-state index contributed by atoms with van der Waals surface area (Å²) in [6.45, 7) is 7.20. The number of nitrogens with one attached hydrogen (secondary N) is 1. The fourth-order valence-corrected chi connectivity index (χ4v) is 5.43. The molecule has 2 aliphatic rings. The topological polar surface area (TPSA) is 49.4 Å². The van der Waals surface area contributed by atoms with Gasteiger partial charge in [0, 0.05) is 17.8 Å². The lowest BCUT2D eigenvalue weighted by Crippen LogP contribution is -2.54. The van der Waals surface area contributed by atoms with Crippen molar-refractivity contribution in [2.45, 2.75) is 64.2 Å². The highest BCUT2D eigenvalue weighted by Crippen LogP contribution is 2.42. The lowest BCUT2D eigenvalue weighted by Gasteiger charge is -2.43. The average molecular weight is 401 g/mol. The summed E-state index contributed by atoms with van der Waals surface area (Å²) in [5.41, 5.74) is 2.24. The van der Waals surface area contributed by atoms with Gasteiger partial charge in [0.25, 0.3) is 5.91 Å². The molecule has 2 amide bonds. The number of thioether (sulfide) groups is 1. The Morgan fingerprint density at radius 1 is 1.29 bits per heavy atom. The van der Waals surface area contributed by atoms with E-state index in [1.807, 2.05) is 29.2 Å². The maximum absolute atomic E-state index is 13.3. The van der Waals surface area contributed by atoms with E-state index < -0.39 is 0 Å². The molecule has 4 nitrogen and oxygen atoms in total. The standard InChI is InChI=1S/C23H32N2O2S/c1-16(2)12-13-24-22(26)15-25-19-10-6-7-11-20(19)28-21(23(25)27)14-18-9-5-4-8-17(18)3/h4-5,8-9,14,16,19-20H,6-7,10-13,15H2,1-3H3,(H,24,26)/b21-14-. The number of nitrogens with zero attached hydrogens (tertiary/aromatic N) is 1. The van der Waals surface area contributed by atoms with E-state index in [1.165, 1.54) is 6.42 Å². The van der Waals surface area contributed by atoms with Crippen LogP contribution in [0.4, 0.5) is 0 Å². The average Bonchev–Trinajstić information content (AvgIpc) is 2.66. The molecule has 28 heavy (non-hydrogen) atoms. The smallest absolute Gasteiger partial charge is 0.261 e. The van der Waals surface area contributed by atoms with Crippen molar-refractivity contribution >= 4 is 29.7 Å².